The van der Waals surface area contributed by atoms with Crippen LogP contribution in [0, 0.1) is 0 Å². The van der Waals surface area contributed by atoms with E-state index in [1.54, 1.807) is 0 Å². The lowest BCUT2D eigenvalue weighted by molar-refractivity contribution is 0.112. The van der Waals surface area contributed by atoms with Gasteiger partial charge < -0.3 is 9.80 Å². The van der Waals surface area contributed by atoms with Gasteiger partial charge in [0.2, 0.25) is 0 Å². The number of rotatable bonds is 4. The average Bonchev–Trinajstić information content (AvgIpc) is 2.73. The number of piperazine rings is 1. The van der Waals surface area contributed by atoms with Crippen LogP contribution in [0.15, 0.2) is 54.6 Å². The number of fused-ring (bicyclic) bond motifs is 1. The zero-order valence-corrected chi connectivity index (χ0v) is 15.1. The highest BCUT2D eigenvalue weighted by Crippen LogP contribution is 2.30. The standard InChI is InChI=1S/C22H23N3O/c1-2-24-11-13-25(14-12-24)22-20-6-4-3-5-19(20)15-21(23-22)18-9-7-17(16-26)8-10-18/h3-10,15-16H,2,11-14H2,1H3. The lowest BCUT2D eigenvalue weighted by Crippen LogP contribution is -2.46. The van der Waals surface area contributed by atoms with Crippen molar-refractivity contribution in [3.05, 3.63) is 60.2 Å². The van der Waals surface area contributed by atoms with Crippen LogP contribution < -0.4 is 4.90 Å². The molecule has 26 heavy (non-hydrogen) atoms. The number of anilines is 1. The highest BCUT2D eigenvalue weighted by Gasteiger charge is 2.19. The van der Waals surface area contributed by atoms with Gasteiger partial charge in [-0.15, -0.1) is 0 Å². The van der Waals surface area contributed by atoms with Gasteiger partial charge in [-0.05, 0) is 18.0 Å². The van der Waals surface area contributed by atoms with Gasteiger partial charge in [0, 0.05) is 42.7 Å². The van der Waals surface area contributed by atoms with Crippen molar-refractivity contribution in [3.63, 3.8) is 0 Å². The average molecular weight is 345 g/mol. The Hall–Kier alpha value is -2.72. The zero-order chi connectivity index (χ0) is 17.9. The minimum atomic E-state index is 0.686. The first-order valence-corrected chi connectivity index (χ1v) is 9.21. The number of hydrogen-bond acceptors (Lipinski definition) is 4. The van der Waals surface area contributed by atoms with E-state index in [0.29, 0.717) is 5.56 Å². The maximum Gasteiger partial charge on any atom is 0.150 e. The summed E-state index contributed by atoms with van der Waals surface area (Å²) in [5, 5.41) is 2.40. The van der Waals surface area contributed by atoms with E-state index in [-0.39, 0.29) is 0 Å². The lowest BCUT2D eigenvalue weighted by Gasteiger charge is -2.35. The Balaban J connectivity index is 1.77. The summed E-state index contributed by atoms with van der Waals surface area (Å²) in [6.07, 6.45) is 0.871. The van der Waals surface area contributed by atoms with Gasteiger partial charge in [0.05, 0.1) is 5.69 Å². The third kappa shape index (κ3) is 3.20. The van der Waals surface area contributed by atoms with E-state index in [1.165, 1.54) is 10.8 Å². The Morgan fingerprint density at radius 3 is 2.42 bits per heavy atom. The number of benzene rings is 2. The number of aldehydes is 1. The van der Waals surface area contributed by atoms with Crippen LogP contribution in [-0.2, 0) is 0 Å². The maximum absolute atomic E-state index is 10.9. The molecule has 132 valence electrons. The molecule has 1 aromatic heterocycles. The Labute approximate surface area is 154 Å². The molecule has 1 saturated heterocycles. The number of pyridine rings is 1. The third-order valence-corrected chi connectivity index (χ3v) is 5.18. The summed E-state index contributed by atoms with van der Waals surface area (Å²) in [5.41, 5.74) is 2.68. The second-order valence-corrected chi connectivity index (χ2v) is 6.71. The van der Waals surface area contributed by atoms with E-state index in [4.69, 9.17) is 4.98 Å². The third-order valence-electron chi connectivity index (χ3n) is 5.18. The first kappa shape index (κ1) is 16.7. The van der Waals surface area contributed by atoms with Crippen LogP contribution in [0.2, 0.25) is 0 Å². The van der Waals surface area contributed by atoms with E-state index in [2.05, 4.69) is 47.1 Å². The first-order chi connectivity index (χ1) is 12.8. The molecular formula is C22H23N3O. The molecule has 0 amide bonds. The van der Waals surface area contributed by atoms with Crippen LogP contribution in [0.4, 0.5) is 5.82 Å². The Morgan fingerprint density at radius 1 is 1.00 bits per heavy atom. The van der Waals surface area contributed by atoms with Crippen LogP contribution in [0.1, 0.15) is 17.3 Å². The molecule has 0 spiro atoms. The SMILES string of the molecule is CCN1CCN(c2nc(-c3ccc(C=O)cc3)cc3ccccc23)CC1. The van der Waals surface area contributed by atoms with Gasteiger partial charge in [0.25, 0.3) is 0 Å². The summed E-state index contributed by atoms with van der Waals surface area (Å²) in [6.45, 7) is 7.46. The summed E-state index contributed by atoms with van der Waals surface area (Å²) in [7, 11) is 0. The van der Waals surface area contributed by atoms with E-state index in [9.17, 15) is 4.79 Å². The fourth-order valence-corrected chi connectivity index (χ4v) is 3.58. The van der Waals surface area contributed by atoms with Gasteiger partial charge in [-0.1, -0.05) is 55.5 Å². The quantitative estimate of drug-likeness (QED) is 0.673. The van der Waals surface area contributed by atoms with Crippen molar-refractivity contribution in [1.29, 1.82) is 0 Å². The predicted octanol–water partition coefficient (Wildman–Crippen LogP) is 3.86. The number of nitrogens with zero attached hydrogens (tertiary/aromatic N) is 3. The molecule has 0 unspecified atom stereocenters. The van der Waals surface area contributed by atoms with Crippen LogP contribution in [0.5, 0.6) is 0 Å². The molecule has 0 saturated carbocycles. The fourth-order valence-electron chi connectivity index (χ4n) is 3.58. The lowest BCUT2D eigenvalue weighted by atomic mass is 10.0. The molecule has 0 atom stereocenters. The second-order valence-electron chi connectivity index (χ2n) is 6.71. The van der Waals surface area contributed by atoms with E-state index >= 15 is 0 Å². The summed E-state index contributed by atoms with van der Waals surface area (Å²) in [6, 6.07) is 18.2. The van der Waals surface area contributed by atoms with Crippen molar-refractivity contribution >= 4 is 22.9 Å². The maximum atomic E-state index is 10.9. The topological polar surface area (TPSA) is 36.4 Å². The van der Waals surface area contributed by atoms with Crippen molar-refractivity contribution in [1.82, 2.24) is 9.88 Å². The molecule has 0 aliphatic carbocycles. The number of carbonyl (C=O) groups is 1. The summed E-state index contributed by atoms with van der Waals surface area (Å²) in [5.74, 6) is 1.06. The molecule has 0 bridgehead atoms. The van der Waals surface area contributed by atoms with Crippen molar-refractivity contribution in [3.8, 4) is 11.3 Å². The fraction of sp³-hybridized carbons (Fsp3) is 0.273. The van der Waals surface area contributed by atoms with E-state index in [1.807, 2.05) is 24.3 Å². The van der Waals surface area contributed by atoms with Gasteiger partial charge in [0.1, 0.15) is 12.1 Å². The molecule has 2 heterocycles. The summed E-state index contributed by atoms with van der Waals surface area (Å²) < 4.78 is 0. The van der Waals surface area contributed by atoms with Crippen LogP contribution in [0.3, 0.4) is 0 Å². The minimum Gasteiger partial charge on any atom is -0.354 e. The highest BCUT2D eigenvalue weighted by atomic mass is 16.1. The second kappa shape index (κ2) is 7.26. The number of aromatic nitrogens is 1. The molecule has 4 rings (SSSR count). The highest BCUT2D eigenvalue weighted by molar-refractivity contribution is 5.95. The number of hydrogen-bond donors (Lipinski definition) is 0. The molecule has 2 aromatic carbocycles. The number of likely N-dealkylation sites (N-methyl/N-ethyl adjacent to an activating group) is 1. The Morgan fingerprint density at radius 2 is 1.73 bits per heavy atom. The van der Waals surface area contributed by atoms with Crippen LogP contribution in [-0.4, -0.2) is 48.9 Å². The molecule has 1 aliphatic heterocycles. The smallest absolute Gasteiger partial charge is 0.150 e. The van der Waals surface area contributed by atoms with Crippen molar-refractivity contribution in [2.24, 2.45) is 0 Å². The molecule has 4 heteroatoms. The minimum absolute atomic E-state index is 0.686. The molecule has 4 nitrogen and oxygen atoms in total. The summed E-state index contributed by atoms with van der Waals surface area (Å²) >= 11 is 0. The van der Waals surface area contributed by atoms with E-state index in [0.717, 1.165) is 56.1 Å². The van der Waals surface area contributed by atoms with Crippen molar-refractivity contribution in [2.45, 2.75) is 6.92 Å². The van der Waals surface area contributed by atoms with Gasteiger partial charge in [-0.3, -0.25) is 4.79 Å². The molecular weight excluding hydrogens is 322 g/mol. The van der Waals surface area contributed by atoms with Crippen LogP contribution >= 0.6 is 0 Å². The molecule has 0 N–H and O–H groups in total. The van der Waals surface area contributed by atoms with Gasteiger partial charge in [0.15, 0.2) is 0 Å². The van der Waals surface area contributed by atoms with E-state index < -0.39 is 0 Å². The Kier molecular flexibility index (Phi) is 4.67. The molecule has 0 radical (unpaired) electrons. The molecule has 1 aliphatic rings. The first-order valence-electron chi connectivity index (χ1n) is 9.21. The molecule has 1 fully saturated rings. The van der Waals surface area contributed by atoms with Gasteiger partial charge in [-0.25, -0.2) is 4.98 Å². The zero-order valence-electron chi connectivity index (χ0n) is 15.1. The van der Waals surface area contributed by atoms with Crippen LogP contribution in [0.25, 0.3) is 22.0 Å². The predicted molar refractivity (Wildman–Crippen MR) is 107 cm³/mol. The monoisotopic (exact) mass is 345 g/mol. The van der Waals surface area contributed by atoms with Crippen molar-refractivity contribution < 1.29 is 4.79 Å². The normalized spacial score (nSPS) is 15.3. The van der Waals surface area contributed by atoms with Gasteiger partial charge >= 0.3 is 0 Å². The molecule has 3 aromatic rings. The Bertz CT molecular complexity index is 912. The van der Waals surface area contributed by atoms with Crippen molar-refractivity contribution in [2.75, 3.05) is 37.6 Å². The summed E-state index contributed by atoms with van der Waals surface area (Å²) in [4.78, 5) is 20.8. The van der Waals surface area contributed by atoms with Gasteiger partial charge in [-0.2, -0.15) is 0 Å². The number of carbonyl (C=O) groups excluding carboxylic acids is 1. The largest absolute Gasteiger partial charge is 0.354 e.